The Morgan fingerprint density at radius 2 is 1.06 bits per heavy atom. The molecule has 3 rings (SSSR count). The Morgan fingerprint density at radius 1 is 0.639 bits per heavy atom. The van der Waals surface area contributed by atoms with Crippen LogP contribution < -0.4 is 31.6 Å². The Labute approximate surface area is 205 Å². The highest BCUT2D eigenvalue weighted by Crippen LogP contribution is 2.37. The zero-order valence-electron chi connectivity index (χ0n) is 19.5. The van der Waals surface area contributed by atoms with Crippen molar-refractivity contribution in [2.24, 2.45) is 11.5 Å². The molecule has 0 unspecified atom stereocenters. The van der Waals surface area contributed by atoms with Crippen LogP contribution in [0.1, 0.15) is 18.1 Å². The van der Waals surface area contributed by atoms with Crippen molar-refractivity contribution in [3.05, 3.63) is 71.8 Å². The van der Waals surface area contributed by atoms with E-state index in [0.717, 1.165) is 19.1 Å². The maximum absolute atomic E-state index is 13.9. The van der Waals surface area contributed by atoms with E-state index in [1.165, 1.54) is 42.5 Å². The Hall–Kier alpha value is -3.57. The molecular formula is C25H27F5N4O2. The molecule has 0 aliphatic rings. The van der Waals surface area contributed by atoms with E-state index in [1.807, 2.05) is 0 Å². The second kappa shape index (κ2) is 11.4. The summed E-state index contributed by atoms with van der Waals surface area (Å²) in [6.07, 6.45) is -4.56. The van der Waals surface area contributed by atoms with E-state index in [1.54, 1.807) is 6.07 Å². The lowest BCUT2D eigenvalue weighted by molar-refractivity contribution is -0.137. The van der Waals surface area contributed by atoms with Crippen LogP contribution in [-0.4, -0.2) is 26.2 Å². The first kappa shape index (κ1) is 27.0. The highest BCUT2D eigenvalue weighted by atomic mass is 19.4. The van der Waals surface area contributed by atoms with E-state index in [0.29, 0.717) is 31.1 Å². The maximum atomic E-state index is 13.9. The van der Waals surface area contributed by atoms with Gasteiger partial charge in [-0.3, -0.25) is 0 Å². The van der Waals surface area contributed by atoms with Crippen molar-refractivity contribution in [2.75, 3.05) is 36.8 Å². The Balaban J connectivity index is 1.79. The molecule has 0 saturated carbocycles. The number of alkyl halides is 5. The van der Waals surface area contributed by atoms with Crippen LogP contribution in [0.3, 0.4) is 0 Å². The summed E-state index contributed by atoms with van der Waals surface area (Å²) in [5.41, 5.74) is 10.4. The molecule has 6 nitrogen and oxygen atoms in total. The predicted octanol–water partition coefficient (Wildman–Crippen LogP) is 6.14. The fourth-order valence-electron chi connectivity index (χ4n) is 3.22. The molecule has 0 fully saturated rings. The Bertz CT molecular complexity index is 1060. The summed E-state index contributed by atoms with van der Waals surface area (Å²) in [7, 11) is 0. The van der Waals surface area contributed by atoms with Crippen molar-refractivity contribution in [2.45, 2.75) is 19.0 Å². The van der Waals surface area contributed by atoms with Crippen molar-refractivity contribution in [3.63, 3.8) is 0 Å². The zero-order valence-corrected chi connectivity index (χ0v) is 19.5. The highest BCUT2D eigenvalue weighted by molar-refractivity contribution is 5.54. The smallest absolute Gasteiger partial charge is 0.416 e. The molecule has 0 radical (unpaired) electrons. The molecule has 6 N–H and O–H groups in total. The minimum Gasteiger partial charge on any atom is -0.457 e. The van der Waals surface area contributed by atoms with E-state index in [4.69, 9.17) is 20.9 Å². The predicted molar refractivity (Wildman–Crippen MR) is 129 cm³/mol. The molecule has 0 bridgehead atoms. The number of anilines is 2. The SMILES string of the molecule is CC(F)(F)c1cc(NCCN)cc(Oc2ccc(Oc3cc(NCCN)cc(C(F)(F)F)c3)cc2)c1. The summed E-state index contributed by atoms with van der Waals surface area (Å²) in [6, 6.07) is 13.4. The molecule has 0 saturated heterocycles. The first-order valence-corrected chi connectivity index (χ1v) is 11.1. The quantitative estimate of drug-likeness (QED) is 0.232. The van der Waals surface area contributed by atoms with Crippen LogP contribution in [0, 0.1) is 0 Å². The molecule has 0 heterocycles. The minimum atomic E-state index is -4.56. The molecule has 3 aromatic rings. The zero-order chi connectivity index (χ0) is 26.3. The Kier molecular flexibility index (Phi) is 8.59. The van der Waals surface area contributed by atoms with E-state index in [9.17, 15) is 22.0 Å². The van der Waals surface area contributed by atoms with Crippen molar-refractivity contribution in [1.82, 2.24) is 0 Å². The van der Waals surface area contributed by atoms with Gasteiger partial charge in [-0.2, -0.15) is 13.2 Å². The van der Waals surface area contributed by atoms with Gasteiger partial charge >= 0.3 is 6.18 Å². The van der Waals surface area contributed by atoms with Crippen LogP contribution in [0.2, 0.25) is 0 Å². The normalized spacial score (nSPS) is 11.8. The fourth-order valence-corrected chi connectivity index (χ4v) is 3.22. The fraction of sp³-hybridized carbons (Fsp3) is 0.280. The lowest BCUT2D eigenvalue weighted by atomic mass is 10.1. The largest absolute Gasteiger partial charge is 0.457 e. The van der Waals surface area contributed by atoms with E-state index in [-0.39, 0.29) is 35.0 Å². The van der Waals surface area contributed by atoms with Crippen LogP contribution in [-0.2, 0) is 12.1 Å². The minimum absolute atomic E-state index is 0.0217. The third kappa shape index (κ3) is 7.72. The topological polar surface area (TPSA) is 94.6 Å². The van der Waals surface area contributed by atoms with Crippen molar-refractivity contribution in [1.29, 1.82) is 0 Å². The number of nitrogens with two attached hydrogens (primary N) is 2. The van der Waals surface area contributed by atoms with Crippen LogP contribution in [0.5, 0.6) is 23.0 Å². The molecule has 0 aliphatic heterocycles. The van der Waals surface area contributed by atoms with Gasteiger partial charge in [0.25, 0.3) is 5.92 Å². The number of benzene rings is 3. The standard InChI is InChI=1S/C25H27F5N4O2/c1-24(26,27)16-10-18(33-8-6-31)14-22(12-16)35-20-2-4-21(5-3-20)36-23-13-17(25(28,29)30)11-19(15-23)34-9-7-32/h2-5,10-15,33-34H,6-9,31-32H2,1H3. The first-order chi connectivity index (χ1) is 17.0. The van der Waals surface area contributed by atoms with Gasteiger partial charge in [0.1, 0.15) is 23.0 Å². The van der Waals surface area contributed by atoms with Gasteiger partial charge in [-0.05, 0) is 48.5 Å². The van der Waals surface area contributed by atoms with Crippen LogP contribution >= 0.6 is 0 Å². The molecular weight excluding hydrogens is 483 g/mol. The number of halogens is 5. The maximum Gasteiger partial charge on any atom is 0.416 e. The Morgan fingerprint density at radius 3 is 1.44 bits per heavy atom. The lowest BCUT2D eigenvalue weighted by Gasteiger charge is -2.16. The second-order valence-corrected chi connectivity index (χ2v) is 7.98. The molecule has 194 valence electrons. The number of ether oxygens (including phenoxy) is 2. The average Bonchev–Trinajstić information content (AvgIpc) is 2.81. The number of rotatable bonds is 11. The molecule has 0 aromatic heterocycles. The first-order valence-electron chi connectivity index (χ1n) is 11.1. The van der Waals surface area contributed by atoms with E-state index >= 15 is 0 Å². The summed E-state index contributed by atoms with van der Waals surface area (Å²) in [5, 5.41) is 5.76. The third-order valence-electron chi connectivity index (χ3n) is 4.89. The van der Waals surface area contributed by atoms with Crippen molar-refractivity contribution < 1.29 is 31.4 Å². The molecule has 0 spiro atoms. The molecule has 36 heavy (non-hydrogen) atoms. The van der Waals surface area contributed by atoms with Crippen molar-refractivity contribution in [3.8, 4) is 23.0 Å². The highest BCUT2D eigenvalue weighted by Gasteiger charge is 2.31. The van der Waals surface area contributed by atoms with Crippen LogP contribution in [0.25, 0.3) is 0 Å². The second-order valence-electron chi connectivity index (χ2n) is 7.98. The average molecular weight is 511 g/mol. The van der Waals surface area contributed by atoms with Gasteiger partial charge in [0.2, 0.25) is 0 Å². The van der Waals surface area contributed by atoms with Gasteiger partial charge in [-0.25, -0.2) is 8.78 Å². The summed E-state index contributed by atoms with van der Waals surface area (Å²) >= 11 is 0. The van der Waals surface area contributed by atoms with Gasteiger partial charge in [-0.1, -0.05) is 0 Å². The van der Waals surface area contributed by atoms with Gasteiger partial charge in [-0.15, -0.1) is 0 Å². The molecule has 0 aliphatic carbocycles. The van der Waals surface area contributed by atoms with Crippen molar-refractivity contribution >= 4 is 11.4 Å². The third-order valence-corrected chi connectivity index (χ3v) is 4.89. The van der Waals surface area contributed by atoms with E-state index in [2.05, 4.69) is 10.6 Å². The number of hydrogen-bond acceptors (Lipinski definition) is 6. The molecule has 0 amide bonds. The number of hydrogen-bond donors (Lipinski definition) is 4. The monoisotopic (exact) mass is 510 g/mol. The molecule has 11 heteroatoms. The van der Waals surface area contributed by atoms with Crippen LogP contribution in [0.15, 0.2) is 60.7 Å². The lowest BCUT2D eigenvalue weighted by Crippen LogP contribution is -2.14. The molecule has 0 atom stereocenters. The number of nitrogens with one attached hydrogen (secondary N) is 2. The van der Waals surface area contributed by atoms with Gasteiger partial charge in [0.05, 0.1) is 5.56 Å². The van der Waals surface area contributed by atoms with Crippen LogP contribution in [0.4, 0.5) is 33.3 Å². The van der Waals surface area contributed by atoms with E-state index < -0.39 is 17.7 Å². The summed E-state index contributed by atoms with van der Waals surface area (Å²) < 4.78 is 79.1. The summed E-state index contributed by atoms with van der Waals surface area (Å²) in [4.78, 5) is 0. The summed E-state index contributed by atoms with van der Waals surface area (Å²) in [5.74, 6) is -2.36. The van der Waals surface area contributed by atoms with Gasteiger partial charge in [0, 0.05) is 62.2 Å². The summed E-state index contributed by atoms with van der Waals surface area (Å²) in [6.45, 7) is 2.04. The van der Waals surface area contributed by atoms with Gasteiger partial charge in [0.15, 0.2) is 0 Å². The van der Waals surface area contributed by atoms with Gasteiger partial charge < -0.3 is 31.6 Å². The molecule has 3 aromatic carbocycles.